The second-order valence-electron chi connectivity index (χ2n) is 7.38. The number of nitrogens with zero attached hydrogens (tertiary/aromatic N) is 3. The molecule has 1 N–H and O–H groups in total. The molecule has 0 saturated carbocycles. The van der Waals surface area contributed by atoms with E-state index in [2.05, 4.69) is 65.3 Å². The van der Waals surface area contributed by atoms with Crippen LogP contribution in [0.25, 0.3) is 0 Å². The van der Waals surface area contributed by atoms with Gasteiger partial charge in [0.25, 0.3) is 0 Å². The molecule has 1 unspecified atom stereocenters. The molecule has 0 aromatic heterocycles. The minimum Gasteiger partial charge on any atom is -0.394 e. The Morgan fingerprint density at radius 3 is 2.69 bits per heavy atom. The van der Waals surface area contributed by atoms with Crippen molar-refractivity contribution in [3.05, 3.63) is 54.1 Å². The molecule has 4 rings (SSSR count). The zero-order valence-corrected chi connectivity index (χ0v) is 17.8. The lowest BCUT2D eigenvalue weighted by Crippen LogP contribution is -2.55. The predicted molar refractivity (Wildman–Crippen MR) is 118 cm³/mol. The summed E-state index contributed by atoms with van der Waals surface area (Å²) < 4.78 is 5.49. The monoisotopic (exact) mass is 411 g/mol. The van der Waals surface area contributed by atoms with Gasteiger partial charge in [-0.05, 0) is 24.6 Å². The van der Waals surface area contributed by atoms with E-state index in [-0.39, 0.29) is 6.61 Å². The molecule has 6 heteroatoms. The lowest BCUT2D eigenvalue weighted by Gasteiger charge is -2.42. The average Bonchev–Trinajstić information content (AvgIpc) is 2.93. The van der Waals surface area contributed by atoms with Crippen molar-refractivity contribution < 1.29 is 9.84 Å². The van der Waals surface area contributed by atoms with E-state index >= 15 is 0 Å². The number of hydrogen-bond donors (Lipinski definition) is 1. The second-order valence-corrected chi connectivity index (χ2v) is 8.47. The van der Waals surface area contributed by atoms with Crippen LogP contribution in [-0.2, 0) is 4.74 Å². The first kappa shape index (κ1) is 20.4. The summed E-state index contributed by atoms with van der Waals surface area (Å²) in [6.07, 6.45) is 1.09. The second kappa shape index (κ2) is 9.76. The van der Waals surface area contributed by atoms with E-state index in [1.165, 1.54) is 15.4 Å². The maximum atomic E-state index is 8.89. The van der Waals surface area contributed by atoms with Crippen LogP contribution in [0.4, 0.5) is 5.69 Å². The Bertz CT molecular complexity index is 858. The first-order valence-corrected chi connectivity index (χ1v) is 11.2. The fourth-order valence-corrected chi connectivity index (χ4v) is 5.04. The van der Waals surface area contributed by atoms with Crippen LogP contribution < -0.4 is 0 Å². The molecule has 0 aliphatic carbocycles. The summed E-state index contributed by atoms with van der Waals surface area (Å²) in [4.78, 5) is 12.6. The van der Waals surface area contributed by atoms with Gasteiger partial charge in [0, 0.05) is 47.6 Å². The van der Waals surface area contributed by atoms with Gasteiger partial charge in [-0.1, -0.05) is 49.0 Å². The normalized spacial score (nSPS) is 19.3. The number of fused-ring (bicyclic) bond motifs is 2. The summed E-state index contributed by atoms with van der Waals surface area (Å²) in [5.41, 5.74) is 2.28. The molecular formula is C23H29N3O2S. The van der Waals surface area contributed by atoms with Crippen molar-refractivity contribution in [2.75, 3.05) is 46.0 Å². The van der Waals surface area contributed by atoms with E-state index in [0.717, 1.165) is 44.1 Å². The quantitative estimate of drug-likeness (QED) is 0.736. The molecule has 0 spiro atoms. The number of rotatable bonds is 6. The van der Waals surface area contributed by atoms with Gasteiger partial charge >= 0.3 is 0 Å². The summed E-state index contributed by atoms with van der Waals surface area (Å²) in [6.45, 7) is 7.26. The van der Waals surface area contributed by atoms with Gasteiger partial charge in [0.1, 0.15) is 5.84 Å². The van der Waals surface area contributed by atoms with Crippen LogP contribution in [0.2, 0.25) is 0 Å². The average molecular weight is 412 g/mol. The van der Waals surface area contributed by atoms with Crippen LogP contribution >= 0.6 is 11.8 Å². The van der Waals surface area contributed by atoms with Crippen molar-refractivity contribution >= 4 is 23.3 Å². The SMILES string of the molecule is CCC1CN(C2=Nc3ccccc3Sc3ccccc32)CCN1CCOCCO. The number of para-hydroxylation sites is 1. The molecule has 2 aromatic rings. The molecule has 2 aliphatic heterocycles. The van der Waals surface area contributed by atoms with Crippen molar-refractivity contribution in [2.24, 2.45) is 4.99 Å². The minimum atomic E-state index is 0.0870. The van der Waals surface area contributed by atoms with E-state index < -0.39 is 0 Å². The highest BCUT2D eigenvalue weighted by Gasteiger charge is 2.29. The highest BCUT2D eigenvalue weighted by Crippen LogP contribution is 2.40. The maximum Gasteiger partial charge on any atom is 0.137 e. The number of benzene rings is 2. The third-order valence-corrected chi connectivity index (χ3v) is 6.71. The van der Waals surface area contributed by atoms with Crippen molar-refractivity contribution in [3.63, 3.8) is 0 Å². The van der Waals surface area contributed by atoms with Crippen molar-refractivity contribution in [2.45, 2.75) is 29.2 Å². The number of hydrogen-bond acceptors (Lipinski definition) is 6. The van der Waals surface area contributed by atoms with Crippen LogP contribution in [0.3, 0.4) is 0 Å². The molecule has 2 aliphatic rings. The van der Waals surface area contributed by atoms with Crippen molar-refractivity contribution in [1.82, 2.24) is 9.80 Å². The van der Waals surface area contributed by atoms with Crippen LogP contribution in [-0.4, -0.2) is 72.8 Å². The molecular weight excluding hydrogens is 382 g/mol. The van der Waals surface area contributed by atoms with Gasteiger partial charge in [-0.3, -0.25) is 4.90 Å². The summed E-state index contributed by atoms with van der Waals surface area (Å²) in [5, 5.41) is 8.89. The number of aliphatic imine (C=N–C) groups is 1. The Kier molecular flexibility index (Phi) is 6.87. The van der Waals surface area contributed by atoms with Crippen LogP contribution in [0.1, 0.15) is 18.9 Å². The molecule has 1 saturated heterocycles. The molecule has 0 amide bonds. The van der Waals surface area contributed by atoms with Crippen molar-refractivity contribution in [3.8, 4) is 0 Å². The summed E-state index contributed by atoms with van der Waals surface area (Å²) in [5.74, 6) is 1.09. The highest BCUT2D eigenvalue weighted by atomic mass is 32.2. The lowest BCUT2D eigenvalue weighted by atomic mass is 10.1. The maximum absolute atomic E-state index is 8.89. The van der Waals surface area contributed by atoms with Gasteiger partial charge in [-0.2, -0.15) is 0 Å². The Morgan fingerprint density at radius 1 is 1.07 bits per heavy atom. The summed E-state index contributed by atoms with van der Waals surface area (Å²) in [6, 6.07) is 17.5. The molecule has 2 heterocycles. The Morgan fingerprint density at radius 2 is 1.86 bits per heavy atom. The van der Waals surface area contributed by atoms with Gasteiger partial charge in [0.2, 0.25) is 0 Å². The van der Waals surface area contributed by atoms with E-state index in [4.69, 9.17) is 14.8 Å². The molecule has 2 aromatic carbocycles. The first-order valence-electron chi connectivity index (χ1n) is 10.4. The Balaban J connectivity index is 1.56. The molecule has 154 valence electrons. The van der Waals surface area contributed by atoms with E-state index in [1.54, 1.807) is 11.8 Å². The molecule has 29 heavy (non-hydrogen) atoms. The Labute approximate surface area is 177 Å². The van der Waals surface area contributed by atoms with Crippen LogP contribution in [0.5, 0.6) is 0 Å². The predicted octanol–water partition coefficient (Wildman–Crippen LogP) is 3.63. The summed E-state index contributed by atoms with van der Waals surface area (Å²) in [7, 11) is 0. The molecule has 5 nitrogen and oxygen atoms in total. The molecule has 0 bridgehead atoms. The van der Waals surface area contributed by atoms with Gasteiger partial charge < -0.3 is 14.7 Å². The molecule has 1 fully saturated rings. The number of aliphatic hydroxyl groups is 1. The first-order chi connectivity index (χ1) is 14.3. The van der Waals surface area contributed by atoms with Gasteiger partial charge in [0.15, 0.2) is 0 Å². The number of aliphatic hydroxyl groups excluding tert-OH is 1. The number of amidine groups is 1. The van der Waals surface area contributed by atoms with Gasteiger partial charge in [-0.15, -0.1) is 0 Å². The minimum absolute atomic E-state index is 0.0870. The highest BCUT2D eigenvalue weighted by molar-refractivity contribution is 7.99. The lowest BCUT2D eigenvalue weighted by molar-refractivity contribution is 0.0438. The van der Waals surface area contributed by atoms with Crippen molar-refractivity contribution in [1.29, 1.82) is 0 Å². The van der Waals surface area contributed by atoms with Crippen LogP contribution in [0, 0.1) is 0 Å². The van der Waals surface area contributed by atoms with Crippen LogP contribution in [0.15, 0.2) is 63.3 Å². The fourth-order valence-electron chi connectivity index (χ4n) is 4.03. The molecule has 0 radical (unpaired) electrons. The zero-order chi connectivity index (χ0) is 20.1. The topological polar surface area (TPSA) is 48.3 Å². The summed E-state index contributed by atoms with van der Waals surface area (Å²) >= 11 is 1.81. The third-order valence-electron chi connectivity index (χ3n) is 5.57. The molecule has 1 atom stereocenters. The van der Waals surface area contributed by atoms with E-state index in [1.807, 2.05) is 0 Å². The van der Waals surface area contributed by atoms with Gasteiger partial charge in [-0.25, -0.2) is 4.99 Å². The standard InChI is InChI=1S/C23H29N3O2S/c1-2-18-17-26(12-11-25(18)13-15-28-16-14-27)23-19-7-3-5-9-21(19)29-22-10-6-4-8-20(22)24-23/h3-10,18,27H,2,11-17H2,1H3. The third kappa shape index (κ3) is 4.67. The Hall–Kier alpha value is -1.86. The fraction of sp³-hybridized carbons (Fsp3) is 0.435. The van der Waals surface area contributed by atoms with E-state index in [9.17, 15) is 0 Å². The van der Waals surface area contributed by atoms with E-state index in [0.29, 0.717) is 19.3 Å². The largest absolute Gasteiger partial charge is 0.394 e. The van der Waals surface area contributed by atoms with Gasteiger partial charge in [0.05, 0.1) is 25.5 Å². The smallest absolute Gasteiger partial charge is 0.137 e. The zero-order valence-electron chi connectivity index (χ0n) is 17.0. The number of ether oxygens (including phenoxy) is 1. The number of piperazine rings is 1.